The van der Waals surface area contributed by atoms with Crippen LogP contribution in [-0.2, 0) is 10.2 Å². The van der Waals surface area contributed by atoms with Crippen LogP contribution < -0.4 is 10.6 Å². The van der Waals surface area contributed by atoms with Crippen LogP contribution in [0.5, 0.6) is 0 Å². The molecule has 1 unspecified atom stereocenters. The Bertz CT molecular complexity index is 468. The number of nitrogens with one attached hydrogen (secondary N) is 2. The Kier molecular flexibility index (Phi) is 3.95. The molecule has 0 aliphatic carbocycles. The summed E-state index contributed by atoms with van der Waals surface area (Å²) in [6.45, 7) is 9.58. The Morgan fingerprint density at radius 3 is 2.63 bits per heavy atom. The van der Waals surface area contributed by atoms with Crippen molar-refractivity contribution in [1.82, 2.24) is 5.32 Å². The molecule has 0 saturated carbocycles. The fraction of sp³-hybridized carbons (Fsp3) is 0.562. The van der Waals surface area contributed by atoms with E-state index in [2.05, 4.69) is 43.5 Å². The molecule has 0 aromatic heterocycles. The van der Waals surface area contributed by atoms with Crippen LogP contribution in [0.1, 0.15) is 44.7 Å². The molecule has 1 aliphatic rings. The number of benzene rings is 1. The van der Waals surface area contributed by atoms with Crippen molar-refractivity contribution in [2.45, 2.75) is 52.0 Å². The van der Waals surface area contributed by atoms with E-state index < -0.39 is 0 Å². The summed E-state index contributed by atoms with van der Waals surface area (Å²) in [6, 6.07) is 6.26. The minimum absolute atomic E-state index is 0.0262. The lowest BCUT2D eigenvalue weighted by atomic mass is 9.86. The molecular weight excluding hydrogens is 236 g/mol. The van der Waals surface area contributed by atoms with E-state index in [0.717, 1.165) is 30.6 Å². The van der Waals surface area contributed by atoms with Crippen LogP contribution in [0.3, 0.4) is 0 Å². The summed E-state index contributed by atoms with van der Waals surface area (Å²) in [5.74, 6) is 0.0871. The molecule has 1 fully saturated rings. The number of anilines is 1. The Labute approximate surface area is 115 Å². The lowest BCUT2D eigenvalue weighted by molar-refractivity contribution is -0.117. The maximum atomic E-state index is 12.1. The molecule has 19 heavy (non-hydrogen) atoms. The van der Waals surface area contributed by atoms with E-state index in [-0.39, 0.29) is 17.4 Å². The number of carbonyl (C=O) groups excluding carboxylic acids is 1. The quantitative estimate of drug-likeness (QED) is 0.858. The van der Waals surface area contributed by atoms with Crippen molar-refractivity contribution in [3.8, 4) is 0 Å². The standard InChI is InChI=1S/C16H24N2O/c1-11-10-12(16(2,3)4)7-8-13(11)18-15(19)14-6-5-9-17-14/h7-8,10,14,17H,5-6,9H2,1-4H3,(H,18,19). The van der Waals surface area contributed by atoms with Gasteiger partial charge in [-0.1, -0.05) is 32.9 Å². The first-order chi connectivity index (χ1) is 8.88. The highest BCUT2D eigenvalue weighted by Crippen LogP contribution is 2.26. The zero-order valence-electron chi connectivity index (χ0n) is 12.3. The molecule has 1 atom stereocenters. The lowest BCUT2D eigenvalue weighted by Gasteiger charge is -2.21. The Morgan fingerprint density at radius 2 is 2.11 bits per heavy atom. The molecule has 1 aromatic rings. The van der Waals surface area contributed by atoms with Crippen molar-refractivity contribution in [2.24, 2.45) is 0 Å². The maximum Gasteiger partial charge on any atom is 0.241 e. The predicted octanol–water partition coefficient (Wildman–Crippen LogP) is 2.98. The van der Waals surface area contributed by atoms with E-state index in [1.165, 1.54) is 5.56 Å². The Morgan fingerprint density at radius 1 is 1.37 bits per heavy atom. The fourth-order valence-electron chi connectivity index (χ4n) is 2.40. The van der Waals surface area contributed by atoms with Gasteiger partial charge in [0.15, 0.2) is 0 Å². The first-order valence-electron chi connectivity index (χ1n) is 7.03. The number of hydrogen-bond donors (Lipinski definition) is 2. The Balaban J connectivity index is 2.11. The van der Waals surface area contributed by atoms with E-state index in [1.807, 2.05) is 13.0 Å². The number of aryl methyl sites for hydroxylation is 1. The summed E-state index contributed by atoms with van der Waals surface area (Å²) in [6.07, 6.45) is 2.02. The van der Waals surface area contributed by atoms with Gasteiger partial charge in [0.1, 0.15) is 0 Å². The average molecular weight is 260 g/mol. The van der Waals surface area contributed by atoms with Crippen LogP contribution in [0.2, 0.25) is 0 Å². The normalized spacial score (nSPS) is 19.5. The molecule has 0 radical (unpaired) electrons. The molecular formula is C16H24N2O. The zero-order valence-corrected chi connectivity index (χ0v) is 12.3. The molecule has 3 nitrogen and oxygen atoms in total. The minimum atomic E-state index is -0.0262. The molecule has 2 N–H and O–H groups in total. The van der Waals surface area contributed by atoms with E-state index >= 15 is 0 Å². The molecule has 1 heterocycles. The zero-order chi connectivity index (χ0) is 14.0. The molecule has 104 valence electrons. The van der Waals surface area contributed by atoms with Crippen LogP contribution >= 0.6 is 0 Å². The van der Waals surface area contributed by atoms with Gasteiger partial charge in [0.2, 0.25) is 5.91 Å². The van der Waals surface area contributed by atoms with Gasteiger partial charge >= 0.3 is 0 Å². The average Bonchev–Trinajstić information content (AvgIpc) is 2.84. The van der Waals surface area contributed by atoms with Gasteiger partial charge < -0.3 is 10.6 Å². The molecule has 1 amide bonds. The second-order valence-electron chi connectivity index (χ2n) is 6.42. The summed E-state index contributed by atoms with van der Waals surface area (Å²) >= 11 is 0. The second kappa shape index (κ2) is 5.33. The van der Waals surface area contributed by atoms with Gasteiger partial charge in [-0.05, 0) is 48.9 Å². The van der Waals surface area contributed by atoms with Crippen molar-refractivity contribution >= 4 is 11.6 Å². The lowest BCUT2D eigenvalue weighted by Crippen LogP contribution is -2.35. The van der Waals surface area contributed by atoms with Crippen LogP contribution in [0, 0.1) is 6.92 Å². The smallest absolute Gasteiger partial charge is 0.241 e. The summed E-state index contributed by atoms with van der Waals surface area (Å²) in [5, 5.41) is 6.25. The van der Waals surface area contributed by atoms with E-state index in [1.54, 1.807) is 0 Å². The third-order valence-corrected chi connectivity index (χ3v) is 3.73. The Hall–Kier alpha value is -1.35. The second-order valence-corrected chi connectivity index (χ2v) is 6.42. The topological polar surface area (TPSA) is 41.1 Å². The van der Waals surface area contributed by atoms with Crippen molar-refractivity contribution in [1.29, 1.82) is 0 Å². The molecule has 3 heteroatoms. The van der Waals surface area contributed by atoms with Crippen molar-refractivity contribution in [3.63, 3.8) is 0 Å². The van der Waals surface area contributed by atoms with Crippen LogP contribution in [0.15, 0.2) is 18.2 Å². The van der Waals surface area contributed by atoms with Gasteiger partial charge in [0.05, 0.1) is 6.04 Å². The summed E-state index contributed by atoms with van der Waals surface area (Å²) in [5.41, 5.74) is 3.48. The van der Waals surface area contributed by atoms with Crippen molar-refractivity contribution in [3.05, 3.63) is 29.3 Å². The third kappa shape index (κ3) is 3.35. The monoisotopic (exact) mass is 260 g/mol. The first-order valence-corrected chi connectivity index (χ1v) is 7.03. The number of rotatable bonds is 2. The number of amides is 1. The molecule has 1 saturated heterocycles. The van der Waals surface area contributed by atoms with E-state index in [9.17, 15) is 4.79 Å². The minimum Gasteiger partial charge on any atom is -0.324 e. The molecule has 1 aliphatic heterocycles. The van der Waals surface area contributed by atoms with Crippen LogP contribution in [0.25, 0.3) is 0 Å². The molecule has 2 rings (SSSR count). The highest BCUT2D eigenvalue weighted by Gasteiger charge is 2.22. The number of hydrogen-bond acceptors (Lipinski definition) is 2. The fourth-order valence-corrected chi connectivity index (χ4v) is 2.40. The summed E-state index contributed by atoms with van der Waals surface area (Å²) < 4.78 is 0. The van der Waals surface area contributed by atoms with Crippen LogP contribution in [0.4, 0.5) is 5.69 Å². The van der Waals surface area contributed by atoms with Gasteiger partial charge in [0, 0.05) is 5.69 Å². The van der Waals surface area contributed by atoms with Gasteiger partial charge in [0.25, 0.3) is 0 Å². The van der Waals surface area contributed by atoms with Crippen LogP contribution in [-0.4, -0.2) is 18.5 Å². The van der Waals surface area contributed by atoms with E-state index in [0.29, 0.717) is 0 Å². The largest absolute Gasteiger partial charge is 0.324 e. The summed E-state index contributed by atoms with van der Waals surface area (Å²) in [4.78, 5) is 12.1. The molecule has 0 bridgehead atoms. The SMILES string of the molecule is Cc1cc(C(C)(C)C)ccc1NC(=O)C1CCCN1. The molecule has 0 spiro atoms. The first kappa shape index (κ1) is 14.1. The van der Waals surface area contributed by atoms with E-state index in [4.69, 9.17) is 0 Å². The third-order valence-electron chi connectivity index (χ3n) is 3.73. The highest BCUT2D eigenvalue weighted by atomic mass is 16.2. The van der Waals surface area contributed by atoms with Gasteiger partial charge in [-0.15, -0.1) is 0 Å². The number of carbonyl (C=O) groups is 1. The highest BCUT2D eigenvalue weighted by molar-refractivity contribution is 5.95. The molecule has 1 aromatic carbocycles. The predicted molar refractivity (Wildman–Crippen MR) is 79.5 cm³/mol. The van der Waals surface area contributed by atoms with Gasteiger partial charge in [-0.3, -0.25) is 4.79 Å². The van der Waals surface area contributed by atoms with Gasteiger partial charge in [-0.25, -0.2) is 0 Å². The van der Waals surface area contributed by atoms with Gasteiger partial charge in [-0.2, -0.15) is 0 Å². The maximum absolute atomic E-state index is 12.1. The van der Waals surface area contributed by atoms with Crippen molar-refractivity contribution < 1.29 is 4.79 Å². The summed E-state index contributed by atoms with van der Waals surface area (Å²) in [7, 11) is 0. The van der Waals surface area contributed by atoms with Crippen molar-refractivity contribution in [2.75, 3.05) is 11.9 Å².